The predicted molar refractivity (Wildman–Crippen MR) is 119 cm³/mol. The third-order valence-electron chi connectivity index (χ3n) is 6.37. The van der Waals surface area contributed by atoms with E-state index in [0.29, 0.717) is 28.8 Å². The fraction of sp³-hybridized carbons (Fsp3) is 0.524. The number of hydrogen-bond acceptors (Lipinski definition) is 7. The zero-order valence-corrected chi connectivity index (χ0v) is 18.7. The third kappa shape index (κ3) is 4.37. The van der Waals surface area contributed by atoms with E-state index in [0.717, 1.165) is 18.4 Å². The zero-order valence-electron chi connectivity index (χ0n) is 17.9. The summed E-state index contributed by atoms with van der Waals surface area (Å²) in [6.45, 7) is 2.49. The van der Waals surface area contributed by atoms with Gasteiger partial charge in [0.15, 0.2) is 12.6 Å². The lowest BCUT2D eigenvalue weighted by molar-refractivity contribution is 0.00393. The van der Waals surface area contributed by atoms with E-state index in [-0.39, 0.29) is 24.8 Å². The van der Waals surface area contributed by atoms with Crippen molar-refractivity contribution in [3.05, 3.63) is 35.4 Å². The molecule has 3 fully saturated rings. The van der Waals surface area contributed by atoms with Gasteiger partial charge in [-0.05, 0) is 62.5 Å². The van der Waals surface area contributed by atoms with Gasteiger partial charge in [-0.3, -0.25) is 0 Å². The Kier molecular flexibility index (Phi) is 6.67. The average Bonchev–Trinajstić information content (AvgIpc) is 2.77. The standard InChI is InChI=1S/C21H27BClFN4O3/c1-22(29)28-11-13-4-8-17(28)20(24)21(13)27(2)19-9-7-16(25-26-19)15-6-5-14(23)10-18(15)31-12-30-3/h5-7,9-10,13,17,20-21,29H,4,8,11-12H2,1-3H3/t13?,17?,20-,21-/m0/s1. The summed E-state index contributed by atoms with van der Waals surface area (Å²) in [6, 6.07) is 8.43. The van der Waals surface area contributed by atoms with E-state index < -0.39 is 13.2 Å². The summed E-state index contributed by atoms with van der Waals surface area (Å²) < 4.78 is 26.0. The summed E-state index contributed by atoms with van der Waals surface area (Å²) in [5.74, 6) is 1.30. The number of alkyl halides is 1. The molecule has 1 saturated carbocycles. The summed E-state index contributed by atoms with van der Waals surface area (Å²) >= 11 is 6.09. The molecule has 10 heteroatoms. The van der Waals surface area contributed by atoms with Crippen molar-refractivity contribution in [3.8, 4) is 17.0 Å². The molecule has 2 bridgehead atoms. The number of benzene rings is 1. The first-order chi connectivity index (χ1) is 14.9. The number of piperidine rings is 2. The second-order valence-electron chi connectivity index (χ2n) is 8.25. The van der Waals surface area contributed by atoms with Crippen LogP contribution in [0.3, 0.4) is 0 Å². The number of nitrogens with zero attached hydrogens (tertiary/aromatic N) is 4. The van der Waals surface area contributed by atoms with E-state index in [9.17, 15) is 5.02 Å². The van der Waals surface area contributed by atoms with Gasteiger partial charge in [0.05, 0.1) is 11.7 Å². The minimum absolute atomic E-state index is 0.0905. The maximum absolute atomic E-state index is 15.4. The topological polar surface area (TPSA) is 71.0 Å². The monoisotopic (exact) mass is 448 g/mol. The Morgan fingerprint density at radius 2 is 2.10 bits per heavy atom. The largest absolute Gasteiger partial charge is 0.467 e. The molecule has 3 heterocycles. The van der Waals surface area contributed by atoms with Crippen molar-refractivity contribution >= 4 is 24.5 Å². The number of ether oxygens (including phenoxy) is 2. The third-order valence-corrected chi connectivity index (χ3v) is 6.61. The maximum atomic E-state index is 15.4. The first kappa shape index (κ1) is 22.3. The van der Waals surface area contributed by atoms with Crippen molar-refractivity contribution in [2.24, 2.45) is 5.92 Å². The second kappa shape index (κ2) is 9.28. The molecule has 2 aliphatic heterocycles. The van der Waals surface area contributed by atoms with E-state index in [4.69, 9.17) is 21.1 Å². The molecule has 0 spiro atoms. The molecular weight excluding hydrogens is 422 g/mol. The number of aromatic nitrogens is 2. The van der Waals surface area contributed by atoms with Gasteiger partial charge in [0, 0.05) is 30.8 Å². The molecule has 1 aromatic carbocycles. The van der Waals surface area contributed by atoms with Crippen molar-refractivity contribution in [2.45, 2.75) is 37.9 Å². The van der Waals surface area contributed by atoms with Gasteiger partial charge >= 0.3 is 7.05 Å². The zero-order chi connectivity index (χ0) is 22.1. The van der Waals surface area contributed by atoms with Crippen LogP contribution in [0.15, 0.2) is 30.3 Å². The molecule has 7 nitrogen and oxygen atoms in total. The molecular formula is C21H27BClFN4O3. The molecule has 5 rings (SSSR count). The molecule has 0 amide bonds. The van der Waals surface area contributed by atoms with Crippen LogP contribution in [-0.4, -0.2) is 72.8 Å². The van der Waals surface area contributed by atoms with E-state index in [1.165, 1.54) is 0 Å². The van der Waals surface area contributed by atoms with E-state index >= 15 is 4.39 Å². The van der Waals surface area contributed by atoms with Crippen molar-refractivity contribution in [1.82, 2.24) is 15.0 Å². The molecule has 31 heavy (non-hydrogen) atoms. The van der Waals surface area contributed by atoms with Crippen molar-refractivity contribution < 1.29 is 18.9 Å². The van der Waals surface area contributed by atoms with E-state index in [1.807, 2.05) is 35.0 Å². The van der Waals surface area contributed by atoms with Gasteiger partial charge in [0.1, 0.15) is 11.9 Å². The second-order valence-corrected chi connectivity index (χ2v) is 8.68. The van der Waals surface area contributed by atoms with Gasteiger partial charge in [-0.25, -0.2) is 4.39 Å². The number of rotatable bonds is 7. The number of fused-ring (bicyclic) bond motifs is 3. The molecule has 1 aliphatic carbocycles. The smallest absolute Gasteiger partial charge is 0.376 e. The summed E-state index contributed by atoms with van der Waals surface area (Å²) in [6.07, 6.45) is 0.658. The molecule has 2 aromatic rings. The Labute approximate surface area is 187 Å². The lowest BCUT2D eigenvalue weighted by Crippen LogP contribution is -2.68. The van der Waals surface area contributed by atoms with Gasteiger partial charge in [0.25, 0.3) is 0 Å². The molecule has 3 aliphatic rings. The van der Waals surface area contributed by atoms with Crippen LogP contribution in [0.1, 0.15) is 12.8 Å². The summed E-state index contributed by atoms with van der Waals surface area (Å²) in [7, 11) is 2.78. The van der Waals surface area contributed by atoms with Crippen LogP contribution < -0.4 is 9.64 Å². The average molecular weight is 449 g/mol. The maximum Gasteiger partial charge on any atom is 0.376 e. The first-order valence-electron chi connectivity index (χ1n) is 10.5. The normalized spacial score (nSPS) is 25.5. The number of halogens is 2. The molecule has 1 N–H and O–H groups in total. The quantitative estimate of drug-likeness (QED) is 0.515. The van der Waals surface area contributed by atoms with Crippen molar-refractivity contribution in [3.63, 3.8) is 0 Å². The molecule has 4 atom stereocenters. The van der Waals surface area contributed by atoms with Gasteiger partial charge < -0.3 is 24.2 Å². The lowest BCUT2D eigenvalue weighted by Gasteiger charge is -2.54. The minimum atomic E-state index is -1.06. The van der Waals surface area contributed by atoms with Gasteiger partial charge in [-0.15, -0.1) is 10.2 Å². The summed E-state index contributed by atoms with van der Waals surface area (Å²) in [4.78, 5) is 3.77. The first-order valence-corrected chi connectivity index (χ1v) is 10.8. The van der Waals surface area contributed by atoms with Crippen LogP contribution in [0.4, 0.5) is 10.2 Å². The molecule has 166 valence electrons. The number of methoxy groups -OCH3 is 1. The van der Waals surface area contributed by atoms with Crippen molar-refractivity contribution in [1.29, 1.82) is 0 Å². The van der Waals surface area contributed by atoms with Crippen LogP contribution in [0.2, 0.25) is 11.8 Å². The fourth-order valence-corrected chi connectivity index (χ4v) is 5.04. The van der Waals surface area contributed by atoms with Crippen LogP contribution in [0, 0.1) is 5.92 Å². The highest BCUT2D eigenvalue weighted by atomic mass is 35.5. The van der Waals surface area contributed by atoms with E-state index in [2.05, 4.69) is 10.2 Å². The Balaban J connectivity index is 1.54. The Bertz CT molecular complexity index is 905. The Morgan fingerprint density at radius 3 is 2.74 bits per heavy atom. The van der Waals surface area contributed by atoms with Crippen molar-refractivity contribution in [2.75, 3.05) is 32.4 Å². The van der Waals surface area contributed by atoms with Gasteiger partial charge in [0.2, 0.25) is 0 Å². The number of hydrogen-bond donors (Lipinski definition) is 1. The molecule has 2 saturated heterocycles. The lowest BCUT2D eigenvalue weighted by atomic mass is 9.68. The predicted octanol–water partition coefficient (Wildman–Crippen LogP) is 3.13. The highest BCUT2D eigenvalue weighted by Crippen LogP contribution is 2.41. The minimum Gasteiger partial charge on any atom is -0.467 e. The van der Waals surface area contributed by atoms with Crippen LogP contribution in [-0.2, 0) is 4.74 Å². The van der Waals surface area contributed by atoms with Crippen LogP contribution in [0.25, 0.3) is 11.3 Å². The number of anilines is 1. The van der Waals surface area contributed by atoms with E-state index in [1.54, 1.807) is 26.1 Å². The highest BCUT2D eigenvalue weighted by Gasteiger charge is 2.51. The summed E-state index contributed by atoms with van der Waals surface area (Å²) in [5.41, 5.74) is 1.37. The highest BCUT2D eigenvalue weighted by molar-refractivity contribution is 6.45. The Hall–Kier alpha value is -1.94. The van der Waals surface area contributed by atoms with Gasteiger partial charge in [-0.2, -0.15) is 0 Å². The van der Waals surface area contributed by atoms with Gasteiger partial charge in [-0.1, -0.05) is 11.6 Å². The summed E-state index contributed by atoms with van der Waals surface area (Å²) in [5, 5.41) is 19.3. The molecule has 0 radical (unpaired) electrons. The molecule has 2 unspecified atom stereocenters. The Morgan fingerprint density at radius 1 is 1.29 bits per heavy atom. The van der Waals surface area contributed by atoms with Crippen LogP contribution >= 0.6 is 11.6 Å². The van der Waals surface area contributed by atoms with Crippen LogP contribution in [0.5, 0.6) is 5.75 Å². The fourth-order valence-electron chi connectivity index (χ4n) is 4.88. The molecule has 1 aromatic heterocycles. The SMILES string of the molecule is COCOc1cc(Cl)ccc1-c1ccc(N(C)[C@H]2C3CCC([C@@H]2F)N(B(C)O)C3)nn1.